The predicted molar refractivity (Wildman–Crippen MR) is 81.9 cm³/mol. The summed E-state index contributed by atoms with van der Waals surface area (Å²) in [6.07, 6.45) is 1.01. The largest absolute Gasteiger partial charge is 0.467 e. The predicted octanol–water partition coefficient (Wildman–Crippen LogP) is 2.38. The van der Waals surface area contributed by atoms with Crippen molar-refractivity contribution < 1.29 is 14.3 Å². The van der Waals surface area contributed by atoms with Crippen LogP contribution in [0.2, 0.25) is 0 Å². The van der Waals surface area contributed by atoms with Gasteiger partial charge >= 0.3 is 0 Å². The monoisotopic (exact) mass is 300 g/mol. The highest BCUT2D eigenvalue weighted by atomic mass is 16.5. The first-order valence-corrected chi connectivity index (χ1v) is 7.20. The first kappa shape index (κ1) is 16.2. The van der Waals surface area contributed by atoms with Crippen LogP contribution in [0.1, 0.15) is 29.9 Å². The Hall–Kier alpha value is -2.13. The summed E-state index contributed by atoms with van der Waals surface area (Å²) in [7, 11) is 0. The minimum Gasteiger partial charge on any atom is -0.467 e. The molecule has 0 aliphatic heterocycles. The molecule has 5 nitrogen and oxygen atoms in total. The minimum atomic E-state index is -0.587. The van der Waals surface area contributed by atoms with Crippen molar-refractivity contribution in [2.45, 2.75) is 25.7 Å². The molecule has 2 N–H and O–H groups in total. The maximum Gasteiger partial charge on any atom is 0.129 e. The molecule has 2 atom stereocenters. The van der Waals surface area contributed by atoms with Gasteiger partial charge in [0.05, 0.1) is 30.6 Å². The van der Waals surface area contributed by atoms with E-state index < -0.39 is 6.10 Å². The van der Waals surface area contributed by atoms with Crippen molar-refractivity contribution in [3.05, 3.63) is 59.5 Å². The standard InChI is InChI=1S/C17H20N2O3/c1-13(15-6-4-14(9-18)5-7-15)19-10-16(20)11-21-12-17-3-2-8-22-17/h2-8,13,16,19-20H,10-12H2,1H3. The number of hydrogen-bond acceptors (Lipinski definition) is 5. The average molecular weight is 300 g/mol. The van der Waals surface area contributed by atoms with Crippen LogP contribution >= 0.6 is 0 Å². The second-order valence-electron chi connectivity index (χ2n) is 5.11. The fourth-order valence-corrected chi connectivity index (χ4v) is 2.03. The second-order valence-corrected chi connectivity index (χ2v) is 5.11. The molecule has 2 unspecified atom stereocenters. The molecule has 0 saturated carbocycles. The van der Waals surface area contributed by atoms with Crippen LogP contribution in [0.3, 0.4) is 0 Å². The number of rotatable bonds is 8. The number of nitrogens with zero attached hydrogens (tertiary/aromatic N) is 1. The SMILES string of the molecule is CC(NCC(O)COCc1ccco1)c1ccc(C#N)cc1. The summed E-state index contributed by atoms with van der Waals surface area (Å²) >= 11 is 0. The van der Waals surface area contributed by atoms with Crippen LogP contribution in [-0.2, 0) is 11.3 Å². The lowest BCUT2D eigenvalue weighted by Crippen LogP contribution is -2.32. The number of ether oxygens (including phenoxy) is 1. The van der Waals surface area contributed by atoms with E-state index in [4.69, 9.17) is 14.4 Å². The summed E-state index contributed by atoms with van der Waals surface area (Å²) in [5.74, 6) is 0.742. The molecule has 0 aliphatic rings. The average Bonchev–Trinajstić information content (AvgIpc) is 3.06. The maximum atomic E-state index is 9.89. The van der Waals surface area contributed by atoms with Crippen molar-refractivity contribution in [2.24, 2.45) is 0 Å². The van der Waals surface area contributed by atoms with Gasteiger partial charge in [-0.2, -0.15) is 5.26 Å². The lowest BCUT2D eigenvalue weighted by Gasteiger charge is -2.17. The number of furan rings is 1. The van der Waals surface area contributed by atoms with E-state index in [9.17, 15) is 5.11 Å². The fraction of sp³-hybridized carbons (Fsp3) is 0.353. The van der Waals surface area contributed by atoms with Gasteiger partial charge < -0.3 is 19.6 Å². The summed E-state index contributed by atoms with van der Waals surface area (Å²) in [6, 6.07) is 13.2. The van der Waals surface area contributed by atoms with Gasteiger partial charge in [0, 0.05) is 12.6 Å². The van der Waals surface area contributed by atoms with Crippen molar-refractivity contribution in [1.29, 1.82) is 5.26 Å². The Morgan fingerprint density at radius 3 is 2.73 bits per heavy atom. The van der Waals surface area contributed by atoms with Gasteiger partial charge in [0.1, 0.15) is 12.4 Å². The smallest absolute Gasteiger partial charge is 0.129 e. The molecule has 5 heteroatoms. The second kappa shape index (κ2) is 8.35. The Morgan fingerprint density at radius 1 is 1.32 bits per heavy atom. The highest BCUT2D eigenvalue weighted by molar-refractivity contribution is 5.32. The van der Waals surface area contributed by atoms with E-state index in [2.05, 4.69) is 11.4 Å². The molecule has 1 aromatic carbocycles. The van der Waals surface area contributed by atoms with E-state index >= 15 is 0 Å². The fourth-order valence-electron chi connectivity index (χ4n) is 2.03. The van der Waals surface area contributed by atoms with Crippen LogP contribution < -0.4 is 5.32 Å². The van der Waals surface area contributed by atoms with Gasteiger partial charge in [0.25, 0.3) is 0 Å². The van der Waals surface area contributed by atoms with E-state index in [1.54, 1.807) is 24.5 Å². The molecule has 0 amide bonds. The molecule has 0 spiro atoms. The Kier molecular flexibility index (Phi) is 6.16. The molecule has 0 radical (unpaired) electrons. The lowest BCUT2D eigenvalue weighted by atomic mass is 10.1. The topological polar surface area (TPSA) is 78.4 Å². The normalized spacial score (nSPS) is 13.5. The van der Waals surface area contributed by atoms with Crippen LogP contribution in [0, 0.1) is 11.3 Å². The zero-order chi connectivity index (χ0) is 15.8. The molecule has 0 bridgehead atoms. The van der Waals surface area contributed by atoms with Crippen LogP contribution in [0.25, 0.3) is 0 Å². The van der Waals surface area contributed by atoms with Crippen molar-refractivity contribution in [3.63, 3.8) is 0 Å². The van der Waals surface area contributed by atoms with E-state index in [1.165, 1.54) is 0 Å². The van der Waals surface area contributed by atoms with Gasteiger partial charge in [0.15, 0.2) is 0 Å². The first-order chi connectivity index (χ1) is 10.7. The van der Waals surface area contributed by atoms with Crippen LogP contribution in [0.4, 0.5) is 0 Å². The lowest BCUT2D eigenvalue weighted by molar-refractivity contribution is 0.0217. The molecular weight excluding hydrogens is 280 g/mol. The van der Waals surface area contributed by atoms with Gasteiger partial charge in [-0.1, -0.05) is 12.1 Å². The van der Waals surface area contributed by atoms with Crippen LogP contribution in [-0.4, -0.2) is 24.4 Å². The Bertz CT molecular complexity index is 587. The minimum absolute atomic E-state index is 0.0902. The Morgan fingerprint density at radius 2 is 2.09 bits per heavy atom. The summed E-state index contributed by atoms with van der Waals surface area (Å²) in [6.45, 7) is 3.04. The summed E-state index contributed by atoms with van der Waals surface area (Å²) < 4.78 is 10.5. The molecule has 0 saturated heterocycles. The van der Waals surface area contributed by atoms with Gasteiger partial charge in [-0.25, -0.2) is 0 Å². The number of nitrogens with one attached hydrogen (secondary N) is 1. The van der Waals surface area contributed by atoms with E-state index in [0.29, 0.717) is 18.7 Å². The highest BCUT2D eigenvalue weighted by Gasteiger charge is 2.09. The third kappa shape index (κ3) is 5.01. The van der Waals surface area contributed by atoms with Gasteiger partial charge in [-0.05, 0) is 36.8 Å². The number of aliphatic hydroxyl groups is 1. The molecule has 0 fully saturated rings. The third-order valence-electron chi connectivity index (χ3n) is 3.33. The highest BCUT2D eigenvalue weighted by Crippen LogP contribution is 2.13. The number of benzene rings is 1. The van der Waals surface area contributed by atoms with Gasteiger partial charge in [0.2, 0.25) is 0 Å². The molecule has 1 heterocycles. The molecule has 0 aliphatic carbocycles. The van der Waals surface area contributed by atoms with E-state index in [1.807, 2.05) is 25.1 Å². The van der Waals surface area contributed by atoms with Crippen molar-refractivity contribution >= 4 is 0 Å². The van der Waals surface area contributed by atoms with Gasteiger partial charge in [-0.3, -0.25) is 0 Å². The zero-order valence-corrected chi connectivity index (χ0v) is 12.5. The first-order valence-electron chi connectivity index (χ1n) is 7.20. The van der Waals surface area contributed by atoms with E-state index in [-0.39, 0.29) is 12.6 Å². The Labute approximate surface area is 130 Å². The molecular formula is C17H20N2O3. The molecule has 1 aromatic heterocycles. The quantitative estimate of drug-likeness (QED) is 0.782. The van der Waals surface area contributed by atoms with Crippen molar-refractivity contribution in [1.82, 2.24) is 5.32 Å². The number of aliphatic hydroxyl groups excluding tert-OH is 1. The summed E-state index contributed by atoms with van der Waals surface area (Å²) in [4.78, 5) is 0. The van der Waals surface area contributed by atoms with Crippen molar-refractivity contribution in [2.75, 3.05) is 13.2 Å². The number of nitriles is 1. The van der Waals surface area contributed by atoms with Crippen molar-refractivity contribution in [3.8, 4) is 6.07 Å². The molecule has 22 heavy (non-hydrogen) atoms. The zero-order valence-electron chi connectivity index (χ0n) is 12.5. The maximum absolute atomic E-state index is 9.89. The van der Waals surface area contributed by atoms with Crippen LogP contribution in [0.15, 0.2) is 47.1 Å². The summed E-state index contributed by atoms with van der Waals surface area (Å²) in [5.41, 5.74) is 1.71. The number of hydrogen-bond donors (Lipinski definition) is 2. The van der Waals surface area contributed by atoms with E-state index in [0.717, 1.165) is 11.3 Å². The molecule has 116 valence electrons. The molecule has 2 aromatic rings. The van der Waals surface area contributed by atoms with Crippen LogP contribution in [0.5, 0.6) is 0 Å². The Balaban J connectivity index is 1.68. The summed E-state index contributed by atoms with van der Waals surface area (Å²) in [5, 5.41) is 21.9. The molecule has 2 rings (SSSR count). The third-order valence-corrected chi connectivity index (χ3v) is 3.33. The van der Waals surface area contributed by atoms with Gasteiger partial charge in [-0.15, -0.1) is 0 Å².